The summed E-state index contributed by atoms with van der Waals surface area (Å²) in [6, 6.07) is 5.28. The molecule has 8 heteroatoms. The summed E-state index contributed by atoms with van der Waals surface area (Å²) in [6.07, 6.45) is 1.22. The van der Waals surface area contributed by atoms with E-state index in [0.29, 0.717) is 5.75 Å². The fraction of sp³-hybridized carbons (Fsp3) is 0.0714. The number of nitrogens with one attached hydrogen (secondary N) is 1. The molecule has 0 atom stereocenters. The first-order valence-corrected chi connectivity index (χ1v) is 6.37. The largest absolute Gasteiger partial charge is 0.497 e. The van der Waals surface area contributed by atoms with Gasteiger partial charge in [-0.3, -0.25) is 15.5 Å². The highest BCUT2D eigenvalue weighted by atomic mass is 35.5. The number of rotatable bonds is 5. The summed E-state index contributed by atoms with van der Waals surface area (Å²) in [7, 11) is 1.39. The maximum Gasteiger partial charge on any atom is 0.336 e. The van der Waals surface area contributed by atoms with Crippen molar-refractivity contribution in [2.45, 2.75) is 0 Å². The number of hydrogen-bond acceptors (Lipinski definition) is 6. The lowest BCUT2D eigenvalue weighted by atomic mass is 10.00. The van der Waals surface area contributed by atoms with Crippen LogP contribution >= 0.6 is 11.6 Å². The predicted molar refractivity (Wildman–Crippen MR) is 78.0 cm³/mol. The number of carboxylic acid groups (broad SMARTS) is 1. The lowest BCUT2D eigenvalue weighted by Crippen LogP contribution is -2.13. The number of methoxy groups -OCH3 is 1. The standard InChI is InChI=1S/C14H11ClN2O5/c1-22-8-2-3-9(14(19)20)10(5-8)13(18)12-11(17-21)4-7(15)6-16-12/h2-6,17,21H,1H3,(H,19,20). The fourth-order valence-corrected chi connectivity index (χ4v) is 2.02. The number of aromatic nitrogens is 1. The van der Waals surface area contributed by atoms with E-state index < -0.39 is 11.8 Å². The lowest BCUT2D eigenvalue weighted by Gasteiger charge is -2.10. The average Bonchev–Trinajstić information content (AvgIpc) is 2.53. The molecule has 114 valence electrons. The van der Waals surface area contributed by atoms with Gasteiger partial charge in [-0.2, -0.15) is 0 Å². The maximum atomic E-state index is 12.6. The normalized spacial score (nSPS) is 10.1. The molecule has 0 unspecified atom stereocenters. The van der Waals surface area contributed by atoms with E-state index in [-0.39, 0.29) is 27.5 Å². The van der Waals surface area contributed by atoms with Crippen molar-refractivity contribution in [1.82, 2.24) is 4.98 Å². The number of nitrogens with zero attached hydrogens (tertiary/aromatic N) is 1. The Labute approximate surface area is 130 Å². The second-order valence-corrected chi connectivity index (χ2v) is 4.64. The first kappa shape index (κ1) is 15.7. The van der Waals surface area contributed by atoms with Crippen LogP contribution in [0.2, 0.25) is 5.02 Å². The van der Waals surface area contributed by atoms with Gasteiger partial charge >= 0.3 is 5.97 Å². The van der Waals surface area contributed by atoms with Crippen molar-refractivity contribution >= 4 is 29.0 Å². The molecular weight excluding hydrogens is 312 g/mol. The van der Waals surface area contributed by atoms with Crippen LogP contribution in [0.25, 0.3) is 0 Å². The highest BCUT2D eigenvalue weighted by molar-refractivity contribution is 6.31. The zero-order valence-electron chi connectivity index (χ0n) is 11.3. The predicted octanol–water partition coefficient (Wildman–Crippen LogP) is 2.47. The van der Waals surface area contributed by atoms with Crippen LogP contribution in [0.5, 0.6) is 5.75 Å². The van der Waals surface area contributed by atoms with Crippen LogP contribution in [0, 0.1) is 0 Å². The number of halogens is 1. The van der Waals surface area contributed by atoms with Gasteiger partial charge < -0.3 is 9.84 Å². The number of ketones is 1. The Balaban J connectivity index is 2.60. The minimum Gasteiger partial charge on any atom is -0.497 e. The number of aromatic carboxylic acids is 1. The summed E-state index contributed by atoms with van der Waals surface area (Å²) in [4.78, 5) is 27.7. The van der Waals surface area contributed by atoms with Gasteiger partial charge in [0, 0.05) is 11.8 Å². The third kappa shape index (κ3) is 3.00. The third-order valence-corrected chi connectivity index (χ3v) is 3.10. The third-order valence-electron chi connectivity index (χ3n) is 2.89. The summed E-state index contributed by atoms with van der Waals surface area (Å²) in [5, 5.41) is 18.5. The van der Waals surface area contributed by atoms with Crippen LogP contribution in [-0.4, -0.2) is 34.2 Å². The number of carboxylic acids is 1. The summed E-state index contributed by atoms with van der Waals surface area (Å²) in [5.74, 6) is -1.64. The van der Waals surface area contributed by atoms with Crippen LogP contribution in [0.1, 0.15) is 26.4 Å². The monoisotopic (exact) mass is 322 g/mol. The van der Waals surface area contributed by atoms with Gasteiger partial charge in [-0.15, -0.1) is 0 Å². The molecule has 2 aromatic rings. The molecule has 7 nitrogen and oxygen atoms in total. The molecule has 0 radical (unpaired) electrons. The second kappa shape index (κ2) is 6.42. The second-order valence-electron chi connectivity index (χ2n) is 4.21. The molecule has 0 spiro atoms. The summed E-state index contributed by atoms with van der Waals surface area (Å²) in [5.41, 5.74) is 1.31. The van der Waals surface area contributed by atoms with Gasteiger partial charge in [0.05, 0.1) is 23.4 Å². The number of carbonyl (C=O) groups excluding carboxylic acids is 1. The number of pyridine rings is 1. The molecule has 2 rings (SSSR count). The minimum atomic E-state index is -1.27. The van der Waals surface area contributed by atoms with Crippen molar-refractivity contribution < 1.29 is 24.6 Å². The topological polar surface area (TPSA) is 109 Å². The Morgan fingerprint density at radius 3 is 2.59 bits per heavy atom. The van der Waals surface area contributed by atoms with Gasteiger partial charge in [0.25, 0.3) is 0 Å². The van der Waals surface area contributed by atoms with Gasteiger partial charge in [-0.05, 0) is 24.3 Å². The molecule has 0 aliphatic carbocycles. The van der Waals surface area contributed by atoms with Crippen molar-refractivity contribution in [3.8, 4) is 5.75 Å². The van der Waals surface area contributed by atoms with Crippen LogP contribution in [0.15, 0.2) is 30.5 Å². The number of ether oxygens (including phenoxy) is 1. The van der Waals surface area contributed by atoms with Crippen LogP contribution in [0.4, 0.5) is 5.69 Å². The molecule has 1 heterocycles. The zero-order valence-corrected chi connectivity index (χ0v) is 12.1. The molecule has 0 saturated carbocycles. The summed E-state index contributed by atoms with van der Waals surface area (Å²) < 4.78 is 5.00. The van der Waals surface area contributed by atoms with E-state index in [1.807, 2.05) is 5.48 Å². The number of anilines is 1. The van der Waals surface area contributed by atoms with Gasteiger partial charge in [-0.25, -0.2) is 9.78 Å². The van der Waals surface area contributed by atoms with Gasteiger partial charge in [0.1, 0.15) is 11.4 Å². The van der Waals surface area contributed by atoms with E-state index in [2.05, 4.69) is 4.98 Å². The first-order chi connectivity index (χ1) is 10.5. The van der Waals surface area contributed by atoms with Crippen LogP contribution in [0.3, 0.4) is 0 Å². The Hall–Kier alpha value is -2.64. The number of carbonyl (C=O) groups is 2. The van der Waals surface area contributed by atoms with Crippen LogP contribution in [-0.2, 0) is 0 Å². The molecule has 1 aromatic carbocycles. The maximum absolute atomic E-state index is 12.6. The highest BCUT2D eigenvalue weighted by Gasteiger charge is 2.22. The zero-order chi connectivity index (χ0) is 16.3. The fourth-order valence-electron chi connectivity index (χ4n) is 1.86. The highest BCUT2D eigenvalue weighted by Crippen LogP contribution is 2.25. The van der Waals surface area contributed by atoms with Crippen molar-refractivity contribution in [3.63, 3.8) is 0 Å². The molecule has 0 saturated heterocycles. The summed E-state index contributed by atoms with van der Waals surface area (Å²) >= 11 is 5.74. The molecular formula is C14H11ClN2O5. The first-order valence-electron chi connectivity index (χ1n) is 5.99. The van der Waals surface area contributed by atoms with Crippen molar-refractivity contribution in [1.29, 1.82) is 0 Å². The quantitative estimate of drug-likeness (QED) is 0.573. The van der Waals surface area contributed by atoms with E-state index in [9.17, 15) is 14.7 Å². The molecule has 0 amide bonds. The lowest BCUT2D eigenvalue weighted by molar-refractivity contribution is 0.0692. The molecule has 22 heavy (non-hydrogen) atoms. The van der Waals surface area contributed by atoms with E-state index in [0.717, 1.165) is 0 Å². The molecule has 0 bridgehead atoms. The molecule has 0 aliphatic rings. The SMILES string of the molecule is COc1ccc(C(=O)O)c(C(=O)c2ncc(Cl)cc2NO)c1. The molecule has 0 aliphatic heterocycles. The number of hydrogen-bond donors (Lipinski definition) is 3. The van der Waals surface area contributed by atoms with Crippen molar-refractivity contribution in [2.24, 2.45) is 0 Å². The Bertz CT molecular complexity index is 748. The molecule has 3 N–H and O–H groups in total. The average molecular weight is 323 g/mol. The van der Waals surface area contributed by atoms with Crippen molar-refractivity contribution in [2.75, 3.05) is 12.6 Å². The van der Waals surface area contributed by atoms with E-state index in [1.54, 1.807) is 0 Å². The number of benzene rings is 1. The Morgan fingerprint density at radius 2 is 2.00 bits per heavy atom. The minimum absolute atomic E-state index is 0.0309. The smallest absolute Gasteiger partial charge is 0.336 e. The van der Waals surface area contributed by atoms with E-state index >= 15 is 0 Å². The van der Waals surface area contributed by atoms with E-state index in [4.69, 9.17) is 21.5 Å². The van der Waals surface area contributed by atoms with Crippen LogP contribution < -0.4 is 10.2 Å². The van der Waals surface area contributed by atoms with E-state index in [1.165, 1.54) is 37.6 Å². The van der Waals surface area contributed by atoms with Crippen molar-refractivity contribution in [3.05, 3.63) is 52.3 Å². The van der Waals surface area contributed by atoms with Gasteiger partial charge in [0.15, 0.2) is 0 Å². The Kier molecular flexibility index (Phi) is 4.59. The molecule has 1 aromatic heterocycles. The van der Waals surface area contributed by atoms with Gasteiger partial charge in [-0.1, -0.05) is 11.6 Å². The molecule has 0 fully saturated rings. The van der Waals surface area contributed by atoms with Gasteiger partial charge in [0.2, 0.25) is 5.78 Å². The summed E-state index contributed by atoms with van der Waals surface area (Å²) in [6.45, 7) is 0. The Morgan fingerprint density at radius 1 is 1.27 bits per heavy atom.